The summed E-state index contributed by atoms with van der Waals surface area (Å²) in [6.07, 6.45) is 0.925. The third-order valence-corrected chi connectivity index (χ3v) is 3.51. The van der Waals surface area contributed by atoms with Gasteiger partial charge in [-0.2, -0.15) is 0 Å². The summed E-state index contributed by atoms with van der Waals surface area (Å²) >= 11 is 1.43. The van der Waals surface area contributed by atoms with Gasteiger partial charge in [0.2, 0.25) is 0 Å². The zero-order valence-electron chi connectivity index (χ0n) is 11.8. The van der Waals surface area contributed by atoms with Gasteiger partial charge in [0.1, 0.15) is 10.5 Å². The molecule has 0 saturated carbocycles. The number of thiophene rings is 1. The van der Waals surface area contributed by atoms with E-state index in [1.54, 1.807) is 6.07 Å². The number of ether oxygens (including phenoxy) is 1. The third kappa shape index (κ3) is 4.78. The maximum Gasteiger partial charge on any atom is 0.348 e. The third-order valence-electron chi connectivity index (χ3n) is 2.32. The summed E-state index contributed by atoms with van der Waals surface area (Å²) in [6, 6.07) is 3.73. The minimum absolute atomic E-state index is 0.00573. The Morgan fingerprint density at radius 3 is 2.50 bits per heavy atom. The molecule has 0 radical (unpaired) electrons. The Kier molecular flexibility index (Phi) is 4.93. The van der Waals surface area contributed by atoms with E-state index < -0.39 is 5.60 Å². The smallest absolute Gasteiger partial charge is 0.348 e. The van der Waals surface area contributed by atoms with Crippen molar-refractivity contribution in [3.05, 3.63) is 21.9 Å². The highest BCUT2D eigenvalue weighted by Crippen LogP contribution is 2.27. The van der Waals surface area contributed by atoms with Gasteiger partial charge in [0.15, 0.2) is 0 Å². The Hall–Kier alpha value is -0.870. The van der Waals surface area contributed by atoms with E-state index in [-0.39, 0.29) is 12.0 Å². The zero-order chi connectivity index (χ0) is 13.9. The van der Waals surface area contributed by atoms with Crippen molar-refractivity contribution in [3.63, 3.8) is 0 Å². The highest BCUT2D eigenvalue weighted by Gasteiger charge is 2.20. The number of carbonyl (C=O) groups is 1. The first-order valence-electron chi connectivity index (χ1n) is 6.27. The minimum Gasteiger partial charge on any atom is -0.456 e. The summed E-state index contributed by atoms with van der Waals surface area (Å²) in [5, 5.41) is 0. The topological polar surface area (TPSA) is 52.3 Å². The van der Waals surface area contributed by atoms with E-state index in [4.69, 9.17) is 10.5 Å². The maximum atomic E-state index is 11.9. The summed E-state index contributed by atoms with van der Waals surface area (Å²) in [7, 11) is 0. The van der Waals surface area contributed by atoms with Crippen LogP contribution in [-0.4, -0.2) is 11.6 Å². The molecule has 0 aromatic carbocycles. The number of hydrogen-bond acceptors (Lipinski definition) is 4. The summed E-state index contributed by atoms with van der Waals surface area (Å²) < 4.78 is 5.33. The minimum atomic E-state index is -0.457. The molecule has 0 amide bonds. The molecule has 1 heterocycles. The van der Waals surface area contributed by atoms with E-state index in [1.807, 2.05) is 26.8 Å². The second kappa shape index (κ2) is 5.85. The van der Waals surface area contributed by atoms with E-state index in [0.717, 1.165) is 11.3 Å². The molecule has 0 aliphatic heterocycles. The average Bonchev–Trinajstić information content (AvgIpc) is 2.61. The lowest BCUT2D eigenvalue weighted by Gasteiger charge is -2.18. The van der Waals surface area contributed by atoms with Crippen molar-refractivity contribution >= 4 is 17.3 Å². The molecule has 1 atom stereocenters. The van der Waals surface area contributed by atoms with Crippen LogP contribution in [0.2, 0.25) is 0 Å². The van der Waals surface area contributed by atoms with Crippen LogP contribution in [-0.2, 0) is 4.74 Å². The highest BCUT2D eigenvalue weighted by atomic mass is 32.1. The van der Waals surface area contributed by atoms with Gasteiger partial charge in [-0.25, -0.2) is 4.79 Å². The summed E-state index contributed by atoms with van der Waals surface area (Å²) in [5.41, 5.74) is 5.64. The van der Waals surface area contributed by atoms with Crippen molar-refractivity contribution in [1.82, 2.24) is 0 Å². The standard InChI is InChI=1S/C14H23NO2S/c1-9(2)8-10(15)11-6-7-12(18-11)13(16)17-14(3,4)5/h6-7,9-10H,8,15H2,1-5H3/t10-/m1/s1. The Balaban J connectivity index is 2.71. The quantitative estimate of drug-likeness (QED) is 0.847. The number of nitrogens with two attached hydrogens (primary N) is 1. The second-order valence-electron chi connectivity index (χ2n) is 5.94. The van der Waals surface area contributed by atoms with Crippen LogP contribution in [0.3, 0.4) is 0 Å². The largest absolute Gasteiger partial charge is 0.456 e. The zero-order valence-corrected chi connectivity index (χ0v) is 12.6. The van der Waals surface area contributed by atoms with Gasteiger partial charge >= 0.3 is 5.97 Å². The predicted molar refractivity (Wildman–Crippen MR) is 75.9 cm³/mol. The number of esters is 1. The summed E-state index contributed by atoms with van der Waals surface area (Å²) in [4.78, 5) is 13.5. The molecule has 0 bridgehead atoms. The van der Waals surface area contributed by atoms with Gasteiger partial charge in [0.05, 0.1) is 0 Å². The summed E-state index contributed by atoms with van der Waals surface area (Å²) in [5.74, 6) is 0.280. The van der Waals surface area contributed by atoms with Crippen molar-refractivity contribution in [2.24, 2.45) is 11.7 Å². The highest BCUT2D eigenvalue weighted by molar-refractivity contribution is 7.14. The molecule has 0 spiro atoms. The average molecular weight is 269 g/mol. The molecule has 0 aliphatic carbocycles. The molecular weight excluding hydrogens is 246 g/mol. The summed E-state index contributed by atoms with van der Waals surface area (Å²) in [6.45, 7) is 9.88. The lowest BCUT2D eigenvalue weighted by Crippen LogP contribution is -2.23. The van der Waals surface area contributed by atoms with E-state index in [1.165, 1.54) is 11.3 Å². The van der Waals surface area contributed by atoms with Crippen LogP contribution < -0.4 is 5.73 Å². The molecular formula is C14H23NO2S. The van der Waals surface area contributed by atoms with Gasteiger partial charge in [-0.3, -0.25) is 0 Å². The van der Waals surface area contributed by atoms with Crippen LogP contribution in [0.1, 0.15) is 61.6 Å². The van der Waals surface area contributed by atoms with E-state index in [2.05, 4.69) is 13.8 Å². The van der Waals surface area contributed by atoms with Crippen molar-refractivity contribution < 1.29 is 9.53 Å². The van der Waals surface area contributed by atoms with Crippen LogP contribution in [0.5, 0.6) is 0 Å². The molecule has 0 fully saturated rings. The fourth-order valence-corrected chi connectivity index (χ4v) is 2.51. The fourth-order valence-electron chi connectivity index (χ4n) is 1.61. The Morgan fingerprint density at radius 2 is 2.00 bits per heavy atom. The van der Waals surface area contributed by atoms with Gasteiger partial charge in [0, 0.05) is 10.9 Å². The maximum absolute atomic E-state index is 11.9. The van der Waals surface area contributed by atoms with Crippen LogP contribution in [0.25, 0.3) is 0 Å². The fraction of sp³-hybridized carbons (Fsp3) is 0.643. The lowest BCUT2D eigenvalue weighted by molar-refractivity contribution is 0.00752. The van der Waals surface area contributed by atoms with E-state index in [9.17, 15) is 4.79 Å². The van der Waals surface area contributed by atoms with Crippen molar-refractivity contribution in [3.8, 4) is 0 Å². The van der Waals surface area contributed by atoms with E-state index >= 15 is 0 Å². The molecule has 1 aromatic heterocycles. The molecule has 3 nitrogen and oxygen atoms in total. The molecule has 0 saturated heterocycles. The molecule has 0 aliphatic rings. The van der Waals surface area contributed by atoms with Crippen molar-refractivity contribution in [2.45, 2.75) is 52.7 Å². The van der Waals surface area contributed by atoms with Crippen LogP contribution in [0, 0.1) is 5.92 Å². The van der Waals surface area contributed by atoms with Crippen LogP contribution in [0.4, 0.5) is 0 Å². The molecule has 1 aromatic rings. The normalized spacial score (nSPS) is 13.7. The van der Waals surface area contributed by atoms with Gasteiger partial charge in [0.25, 0.3) is 0 Å². The molecule has 2 N–H and O–H groups in total. The second-order valence-corrected chi connectivity index (χ2v) is 7.06. The number of hydrogen-bond donors (Lipinski definition) is 1. The molecule has 1 rings (SSSR count). The van der Waals surface area contributed by atoms with Gasteiger partial charge in [-0.05, 0) is 45.2 Å². The Labute approximate surface area is 113 Å². The van der Waals surface area contributed by atoms with Crippen molar-refractivity contribution in [1.29, 1.82) is 0 Å². The lowest BCUT2D eigenvalue weighted by atomic mass is 10.0. The molecule has 0 unspecified atom stereocenters. The first-order chi connectivity index (χ1) is 8.19. The SMILES string of the molecule is CC(C)C[C@@H](N)c1ccc(C(=O)OC(C)(C)C)s1. The Morgan fingerprint density at radius 1 is 1.39 bits per heavy atom. The van der Waals surface area contributed by atoms with Crippen LogP contribution >= 0.6 is 11.3 Å². The van der Waals surface area contributed by atoms with Gasteiger partial charge in [-0.15, -0.1) is 11.3 Å². The van der Waals surface area contributed by atoms with Crippen LogP contribution in [0.15, 0.2) is 12.1 Å². The molecule has 4 heteroatoms. The monoisotopic (exact) mass is 269 g/mol. The van der Waals surface area contributed by atoms with Gasteiger partial charge < -0.3 is 10.5 Å². The first-order valence-corrected chi connectivity index (χ1v) is 7.09. The van der Waals surface area contributed by atoms with E-state index in [0.29, 0.717) is 10.8 Å². The number of rotatable bonds is 4. The number of carbonyl (C=O) groups excluding carboxylic acids is 1. The predicted octanol–water partition coefficient (Wildman–Crippen LogP) is 3.75. The Bertz CT molecular complexity index is 404. The molecule has 102 valence electrons. The van der Waals surface area contributed by atoms with Crippen molar-refractivity contribution in [2.75, 3.05) is 0 Å². The van der Waals surface area contributed by atoms with Gasteiger partial charge in [-0.1, -0.05) is 13.8 Å². The first kappa shape index (κ1) is 15.2. The molecule has 18 heavy (non-hydrogen) atoms.